The van der Waals surface area contributed by atoms with Crippen molar-refractivity contribution in [3.05, 3.63) is 18.5 Å². The third-order valence-corrected chi connectivity index (χ3v) is 2.58. The Kier molecular flexibility index (Phi) is 3.38. The van der Waals surface area contributed by atoms with Crippen LogP contribution in [-0.4, -0.2) is 49.5 Å². The number of nitrogen functional groups attached to an aromatic ring is 1. The van der Waals surface area contributed by atoms with Gasteiger partial charge < -0.3 is 15.7 Å². The van der Waals surface area contributed by atoms with Gasteiger partial charge in [0.2, 0.25) is 11.9 Å². The van der Waals surface area contributed by atoms with Gasteiger partial charge in [0, 0.05) is 19.4 Å². The summed E-state index contributed by atoms with van der Waals surface area (Å²) in [6.45, 7) is 1.85. The molecule has 0 aliphatic carbocycles. The standard InChI is InChI=1S/C10H15N7O/c1-7(6-18)16(2)9-13-8(11)14-10(15-9)17-5-3-4-12-17/h3-5,7,18H,6H2,1-2H3,(H2,11,13,14,15). The number of likely N-dealkylation sites (N-methyl/N-ethyl adjacent to an activating group) is 1. The molecule has 1 unspecified atom stereocenters. The summed E-state index contributed by atoms with van der Waals surface area (Å²) in [5.74, 6) is 0.858. The van der Waals surface area contributed by atoms with Crippen molar-refractivity contribution in [2.45, 2.75) is 13.0 Å². The van der Waals surface area contributed by atoms with Gasteiger partial charge in [-0.1, -0.05) is 0 Å². The van der Waals surface area contributed by atoms with Crippen molar-refractivity contribution in [2.24, 2.45) is 0 Å². The number of aromatic nitrogens is 5. The summed E-state index contributed by atoms with van der Waals surface area (Å²) in [4.78, 5) is 14.0. The Hall–Kier alpha value is -2.22. The number of rotatable bonds is 4. The normalized spacial score (nSPS) is 12.4. The van der Waals surface area contributed by atoms with Crippen LogP contribution in [0.2, 0.25) is 0 Å². The number of aliphatic hydroxyl groups excluding tert-OH is 1. The summed E-state index contributed by atoms with van der Waals surface area (Å²) in [7, 11) is 1.78. The van der Waals surface area contributed by atoms with Gasteiger partial charge in [-0.3, -0.25) is 0 Å². The first-order valence-corrected chi connectivity index (χ1v) is 5.47. The highest BCUT2D eigenvalue weighted by molar-refractivity contribution is 5.37. The maximum absolute atomic E-state index is 9.13. The fourth-order valence-corrected chi connectivity index (χ4v) is 1.34. The van der Waals surface area contributed by atoms with Crippen molar-refractivity contribution in [1.29, 1.82) is 0 Å². The van der Waals surface area contributed by atoms with Gasteiger partial charge in [-0.05, 0) is 13.0 Å². The van der Waals surface area contributed by atoms with E-state index < -0.39 is 0 Å². The van der Waals surface area contributed by atoms with Crippen molar-refractivity contribution in [3.63, 3.8) is 0 Å². The average Bonchev–Trinajstić information content (AvgIpc) is 2.90. The van der Waals surface area contributed by atoms with Crippen molar-refractivity contribution in [1.82, 2.24) is 24.7 Å². The molecule has 0 radical (unpaired) electrons. The lowest BCUT2D eigenvalue weighted by Crippen LogP contribution is -2.33. The number of hydrogen-bond acceptors (Lipinski definition) is 7. The smallest absolute Gasteiger partial charge is 0.257 e. The molecule has 96 valence electrons. The van der Waals surface area contributed by atoms with Gasteiger partial charge >= 0.3 is 0 Å². The van der Waals surface area contributed by atoms with Gasteiger partial charge in [-0.15, -0.1) is 0 Å². The minimum absolute atomic E-state index is 0.000803. The van der Waals surface area contributed by atoms with Crippen LogP contribution in [-0.2, 0) is 0 Å². The van der Waals surface area contributed by atoms with Crippen LogP contribution >= 0.6 is 0 Å². The van der Waals surface area contributed by atoms with Gasteiger partial charge in [-0.2, -0.15) is 20.1 Å². The molecular weight excluding hydrogens is 234 g/mol. The van der Waals surface area contributed by atoms with Gasteiger partial charge in [0.25, 0.3) is 5.95 Å². The number of hydrogen-bond donors (Lipinski definition) is 2. The molecule has 8 nitrogen and oxygen atoms in total. The summed E-state index contributed by atoms with van der Waals surface area (Å²) in [6, 6.07) is 1.65. The van der Waals surface area contributed by atoms with Crippen molar-refractivity contribution in [2.75, 3.05) is 24.3 Å². The van der Waals surface area contributed by atoms with Gasteiger partial charge in [0.15, 0.2) is 0 Å². The predicted octanol–water partition coefficient (Wildman–Crippen LogP) is -0.544. The second kappa shape index (κ2) is 4.96. The Morgan fingerprint density at radius 2 is 2.22 bits per heavy atom. The molecule has 0 bridgehead atoms. The van der Waals surface area contributed by atoms with Crippen molar-refractivity contribution in [3.8, 4) is 5.95 Å². The molecule has 2 aromatic rings. The first-order chi connectivity index (χ1) is 8.61. The van der Waals surface area contributed by atoms with Crippen molar-refractivity contribution >= 4 is 11.9 Å². The second-order valence-corrected chi connectivity index (χ2v) is 3.89. The van der Waals surface area contributed by atoms with E-state index in [2.05, 4.69) is 20.1 Å². The lowest BCUT2D eigenvalue weighted by Gasteiger charge is -2.23. The molecule has 2 heterocycles. The highest BCUT2D eigenvalue weighted by Crippen LogP contribution is 2.12. The predicted molar refractivity (Wildman–Crippen MR) is 66.3 cm³/mol. The molecule has 0 fully saturated rings. The van der Waals surface area contributed by atoms with E-state index in [0.29, 0.717) is 11.9 Å². The molecule has 1 atom stereocenters. The van der Waals surface area contributed by atoms with Crippen molar-refractivity contribution < 1.29 is 5.11 Å². The van der Waals surface area contributed by atoms with Crippen LogP contribution < -0.4 is 10.6 Å². The van der Waals surface area contributed by atoms with Gasteiger partial charge in [0.05, 0.1) is 12.6 Å². The van der Waals surface area contributed by atoms with E-state index in [-0.39, 0.29) is 18.6 Å². The summed E-state index contributed by atoms with van der Waals surface area (Å²) in [5, 5.41) is 13.2. The molecule has 0 saturated heterocycles. The molecule has 2 aromatic heterocycles. The van der Waals surface area contributed by atoms with Crippen LogP contribution in [0.5, 0.6) is 0 Å². The summed E-state index contributed by atoms with van der Waals surface area (Å²) in [5.41, 5.74) is 5.65. The molecule has 0 spiro atoms. The summed E-state index contributed by atoms with van der Waals surface area (Å²) in [6.07, 6.45) is 3.34. The molecule has 3 N–H and O–H groups in total. The molecule has 18 heavy (non-hydrogen) atoms. The highest BCUT2D eigenvalue weighted by Gasteiger charge is 2.14. The van der Waals surface area contributed by atoms with E-state index in [1.54, 1.807) is 30.4 Å². The Bertz CT molecular complexity index is 513. The number of nitrogens with two attached hydrogens (primary N) is 1. The van der Waals surface area contributed by atoms with E-state index in [4.69, 9.17) is 10.8 Å². The number of nitrogens with zero attached hydrogens (tertiary/aromatic N) is 6. The van der Waals surface area contributed by atoms with Gasteiger partial charge in [-0.25, -0.2) is 4.68 Å². The quantitative estimate of drug-likeness (QED) is 0.749. The third kappa shape index (κ3) is 2.38. The molecule has 0 aromatic carbocycles. The minimum atomic E-state index is -0.114. The molecule has 2 rings (SSSR count). The SMILES string of the molecule is CC(CO)N(C)c1nc(N)nc(-n2cccn2)n1. The molecule has 8 heteroatoms. The highest BCUT2D eigenvalue weighted by atomic mass is 16.3. The lowest BCUT2D eigenvalue weighted by atomic mass is 10.3. The maximum Gasteiger partial charge on any atom is 0.257 e. The summed E-state index contributed by atoms with van der Waals surface area (Å²) < 4.78 is 1.50. The summed E-state index contributed by atoms with van der Waals surface area (Å²) >= 11 is 0. The van der Waals surface area contributed by atoms with E-state index in [0.717, 1.165) is 0 Å². The number of aliphatic hydroxyl groups is 1. The van der Waals surface area contributed by atoms with Crippen LogP contribution in [0.3, 0.4) is 0 Å². The first kappa shape index (κ1) is 12.2. The van der Waals surface area contributed by atoms with Crippen LogP contribution in [0.15, 0.2) is 18.5 Å². The fourth-order valence-electron chi connectivity index (χ4n) is 1.34. The zero-order valence-corrected chi connectivity index (χ0v) is 10.2. The van der Waals surface area contributed by atoms with Gasteiger partial charge in [0.1, 0.15) is 0 Å². The zero-order chi connectivity index (χ0) is 13.1. The fraction of sp³-hybridized carbons (Fsp3) is 0.400. The molecular formula is C10H15N7O. The Balaban J connectivity index is 2.38. The van der Waals surface area contributed by atoms with E-state index in [9.17, 15) is 0 Å². The maximum atomic E-state index is 9.13. The Morgan fingerprint density at radius 3 is 2.83 bits per heavy atom. The first-order valence-electron chi connectivity index (χ1n) is 5.47. The molecule has 0 aliphatic heterocycles. The second-order valence-electron chi connectivity index (χ2n) is 3.89. The Labute approximate surface area is 104 Å². The molecule has 0 saturated carbocycles. The monoisotopic (exact) mass is 249 g/mol. The topological polar surface area (TPSA) is 106 Å². The van der Waals surface area contributed by atoms with Crippen LogP contribution in [0.25, 0.3) is 5.95 Å². The molecule has 0 aliphatic rings. The molecule has 0 amide bonds. The zero-order valence-electron chi connectivity index (χ0n) is 10.2. The largest absolute Gasteiger partial charge is 0.394 e. The van der Waals surface area contributed by atoms with Crippen LogP contribution in [0.4, 0.5) is 11.9 Å². The van der Waals surface area contributed by atoms with Crippen LogP contribution in [0, 0.1) is 0 Å². The Morgan fingerprint density at radius 1 is 1.44 bits per heavy atom. The average molecular weight is 249 g/mol. The minimum Gasteiger partial charge on any atom is -0.394 e. The lowest BCUT2D eigenvalue weighted by molar-refractivity contribution is 0.269. The van der Waals surface area contributed by atoms with E-state index in [1.807, 2.05) is 6.92 Å². The third-order valence-electron chi connectivity index (χ3n) is 2.58. The van der Waals surface area contributed by atoms with E-state index in [1.165, 1.54) is 4.68 Å². The number of anilines is 2. The van der Waals surface area contributed by atoms with Crippen LogP contribution in [0.1, 0.15) is 6.92 Å². The van der Waals surface area contributed by atoms with E-state index >= 15 is 0 Å².